The maximum Gasteiger partial charge on any atom is 0.269 e. The molecule has 2 heterocycles. The zero-order valence-corrected chi connectivity index (χ0v) is 9.93. The highest BCUT2D eigenvalue weighted by Crippen LogP contribution is 2.08. The van der Waals surface area contributed by atoms with Crippen LogP contribution in [0.25, 0.3) is 0 Å². The van der Waals surface area contributed by atoms with E-state index in [-0.39, 0.29) is 18.1 Å². The molecule has 1 aromatic heterocycles. The first-order valence-corrected chi connectivity index (χ1v) is 5.82. The Balaban J connectivity index is 1.86. The lowest BCUT2D eigenvalue weighted by atomic mass is 10.3. The molecule has 7 heteroatoms. The van der Waals surface area contributed by atoms with Crippen molar-refractivity contribution in [1.29, 1.82) is 0 Å². The number of aromatic nitrogens is 2. The molecule has 0 spiro atoms. The minimum absolute atomic E-state index is 0.0493. The van der Waals surface area contributed by atoms with Gasteiger partial charge in [0.2, 0.25) is 5.91 Å². The van der Waals surface area contributed by atoms with E-state index < -0.39 is 5.91 Å². The van der Waals surface area contributed by atoms with Crippen LogP contribution in [0.3, 0.4) is 0 Å². The molecular weight excluding hydrogens is 234 g/mol. The molecule has 0 aromatic carbocycles. The van der Waals surface area contributed by atoms with E-state index in [1.54, 1.807) is 6.07 Å². The van der Waals surface area contributed by atoms with Crippen molar-refractivity contribution in [2.24, 2.45) is 5.73 Å². The summed E-state index contributed by atoms with van der Waals surface area (Å²) in [5, 5.41) is 10.3. The van der Waals surface area contributed by atoms with Gasteiger partial charge in [0.05, 0.1) is 6.54 Å². The van der Waals surface area contributed by atoms with Gasteiger partial charge in [-0.1, -0.05) is 0 Å². The number of hydrogen-bond donors (Lipinski definition) is 2. The zero-order chi connectivity index (χ0) is 13.0. The number of hydrogen-bond acceptors (Lipinski definition) is 5. The minimum Gasteiger partial charge on any atom is -0.364 e. The number of rotatable bonds is 4. The lowest BCUT2D eigenvalue weighted by Crippen LogP contribution is -2.33. The molecule has 18 heavy (non-hydrogen) atoms. The van der Waals surface area contributed by atoms with Crippen LogP contribution in [0.2, 0.25) is 0 Å². The molecule has 0 radical (unpaired) electrons. The smallest absolute Gasteiger partial charge is 0.269 e. The van der Waals surface area contributed by atoms with Crippen molar-refractivity contribution < 1.29 is 9.59 Å². The SMILES string of the molecule is NC(=O)c1ccc(NCC(=O)N2CCCC2)nn1. The standard InChI is InChI=1S/C11H15N5O2/c12-11(18)8-3-4-9(15-14-8)13-7-10(17)16-5-1-2-6-16/h3-4H,1-2,5-7H2,(H2,12,18)(H,13,15). The van der Waals surface area contributed by atoms with Gasteiger partial charge in [-0.2, -0.15) is 0 Å². The van der Waals surface area contributed by atoms with Crippen LogP contribution in [0.5, 0.6) is 0 Å². The van der Waals surface area contributed by atoms with E-state index >= 15 is 0 Å². The monoisotopic (exact) mass is 249 g/mol. The number of primary amides is 1. The molecule has 2 amide bonds. The molecule has 3 N–H and O–H groups in total. The second-order valence-electron chi connectivity index (χ2n) is 4.11. The van der Waals surface area contributed by atoms with Crippen LogP contribution in [-0.2, 0) is 4.79 Å². The van der Waals surface area contributed by atoms with Gasteiger partial charge in [-0.25, -0.2) is 0 Å². The number of likely N-dealkylation sites (tertiary alicyclic amines) is 1. The van der Waals surface area contributed by atoms with E-state index in [0.717, 1.165) is 25.9 Å². The van der Waals surface area contributed by atoms with Crippen molar-refractivity contribution in [2.75, 3.05) is 25.0 Å². The van der Waals surface area contributed by atoms with Gasteiger partial charge in [0.15, 0.2) is 5.69 Å². The fraction of sp³-hybridized carbons (Fsp3) is 0.455. The summed E-state index contributed by atoms with van der Waals surface area (Å²) in [5.74, 6) is -0.122. The van der Waals surface area contributed by atoms with Crippen LogP contribution >= 0.6 is 0 Å². The average molecular weight is 249 g/mol. The molecule has 0 aliphatic carbocycles. The molecule has 1 fully saturated rings. The first-order chi connectivity index (χ1) is 8.66. The predicted molar refractivity (Wildman–Crippen MR) is 64.9 cm³/mol. The molecule has 1 aromatic rings. The summed E-state index contributed by atoms with van der Waals surface area (Å²) in [6.45, 7) is 1.84. The van der Waals surface area contributed by atoms with Crippen molar-refractivity contribution in [3.8, 4) is 0 Å². The fourth-order valence-corrected chi connectivity index (χ4v) is 1.80. The second kappa shape index (κ2) is 5.44. The van der Waals surface area contributed by atoms with E-state index in [0.29, 0.717) is 5.82 Å². The highest BCUT2D eigenvalue weighted by Gasteiger charge is 2.17. The van der Waals surface area contributed by atoms with Crippen LogP contribution in [0.1, 0.15) is 23.3 Å². The molecule has 0 saturated carbocycles. The lowest BCUT2D eigenvalue weighted by Gasteiger charge is -2.15. The zero-order valence-electron chi connectivity index (χ0n) is 9.93. The second-order valence-corrected chi connectivity index (χ2v) is 4.11. The van der Waals surface area contributed by atoms with Crippen LogP contribution in [0, 0.1) is 0 Å². The number of carbonyl (C=O) groups excluding carboxylic acids is 2. The molecule has 2 rings (SSSR count). The summed E-state index contributed by atoms with van der Waals surface area (Å²) < 4.78 is 0. The Labute approximate surface area is 104 Å². The van der Waals surface area contributed by atoms with Gasteiger partial charge in [-0.3, -0.25) is 9.59 Å². The largest absolute Gasteiger partial charge is 0.364 e. The molecule has 0 atom stereocenters. The molecule has 1 aliphatic heterocycles. The van der Waals surface area contributed by atoms with Crippen molar-refractivity contribution in [3.05, 3.63) is 17.8 Å². The third-order valence-electron chi connectivity index (χ3n) is 2.80. The maximum absolute atomic E-state index is 11.7. The number of nitrogens with two attached hydrogens (primary N) is 1. The van der Waals surface area contributed by atoms with E-state index in [4.69, 9.17) is 5.73 Å². The Hall–Kier alpha value is -2.18. The topological polar surface area (TPSA) is 101 Å². The minimum atomic E-state index is -0.623. The summed E-state index contributed by atoms with van der Waals surface area (Å²) in [6, 6.07) is 3.04. The van der Waals surface area contributed by atoms with Crippen molar-refractivity contribution in [2.45, 2.75) is 12.8 Å². The van der Waals surface area contributed by atoms with Gasteiger partial charge in [-0.05, 0) is 25.0 Å². The fourth-order valence-electron chi connectivity index (χ4n) is 1.80. The third kappa shape index (κ3) is 2.93. The van der Waals surface area contributed by atoms with E-state index in [1.165, 1.54) is 6.07 Å². The lowest BCUT2D eigenvalue weighted by molar-refractivity contribution is -0.128. The number of nitrogens with one attached hydrogen (secondary N) is 1. The normalized spacial score (nSPS) is 14.6. The first-order valence-electron chi connectivity index (χ1n) is 5.82. The number of nitrogens with zero attached hydrogens (tertiary/aromatic N) is 3. The molecule has 1 saturated heterocycles. The molecule has 0 unspecified atom stereocenters. The Bertz CT molecular complexity index is 439. The number of amides is 2. The van der Waals surface area contributed by atoms with Gasteiger partial charge in [-0.15, -0.1) is 10.2 Å². The van der Waals surface area contributed by atoms with Crippen LogP contribution < -0.4 is 11.1 Å². The Kier molecular flexibility index (Phi) is 3.71. The van der Waals surface area contributed by atoms with Gasteiger partial charge >= 0.3 is 0 Å². The van der Waals surface area contributed by atoms with Crippen LogP contribution in [0.15, 0.2) is 12.1 Å². The molecule has 0 bridgehead atoms. The van der Waals surface area contributed by atoms with Gasteiger partial charge in [0.1, 0.15) is 5.82 Å². The Morgan fingerprint density at radius 2 is 2.00 bits per heavy atom. The van der Waals surface area contributed by atoms with E-state index in [2.05, 4.69) is 15.5 Å². The average Bonchev–Trinajstić information content (AvgIpc) is 2.90. The quantitative estimate of drug-likeness (QED) is 0.756. The summed E-state index contributed by atoms with van der Waals surface area (Å²) >= 11 is 0. The van der Waals surface area contributed by atoms with Crippen molar-refractivity contribution in [3.63, 3.8) is 0 Å². The summed E-state index contributed by atoms with van der Waals surface area (Å²) in [5.41, 5.74) is 5.15. The van der Waals surface area contributed by atoms with Crippen LogP contribution in [0.4, 0.5) is 5.82 Å². The molecule has 1 aliphatic rings. The first kappa shape index (κ1) is 12.3. The van der Waals surface area contributed by atoms with Crippen molar-refractivity contribution in [1.82, 2.24) is 15.1 Å². The number of anilines is 1. The van der Waals surface area contributed by atoms with Crippen molar-refractivity contribution >= 4 is 17.6 Å². The maximum atomic E-state index is 11.7. The van der Waals surface area contributed by atoms with Gasteiger partial charge in [0.25, 0.3) is 5.91 Å². The summed E-state index contributed by atoms with van der Waals surface area (Å²) in [7, 11) is 0. The summed E-state index contributed by atoms with van der Waals surface area (Å²) in [6.07, 6.45) is 2.14. The predicted octanol–water partition coefficient (Wildman–Crippen LogP) is -0.390. The van der Waals surface area contributed by atoms with E-state index in [9.17, 15) is 9.59 Å². The van der Waals surface area contributed by atoms with Gasteiger partial charge in [0, 0.05) is 13.1 Å². The van der Waals surface area contributed by atoms with Crippen LogP contribution in [-0.4, -0.2) is 46.5 Å². The third-order valence-corrected chi connectivity index (χ3v) is 2.80. The number of carbonyl (C=O) groups is 2. The molecule has 7 nitrogen and oxygen atoms in total. The highest BCUT2D eigenvalue weighted by molar-refractivity contribution is 5.90. The molecular formula is C11H15N5O2. The van der Waals surface area contributed by atoms with E-state index in [1.807, 2.05) is 4.90 Å². The summed E-state index contributed by atoms with van der Waals surface area (Å²) in [4.78, 5) is 24.3. The Morgan fingerprint density at radius 3 is 2.56 bits per heavy atom. The Morgan fingerprint density at radius 1 is 1.28 bits per heavy atom. The highest BCUT2D eigenvalue weighted by atomic mass is 16.2. The van der Waals surface area contributed by atoms with Gasteiger partial charge < -0.3 is 16.0 Å². The molecule has 96 valence electrons.